The molecule has 0 heterocycles. The first-order valence-electron chi connectivity index (χ1n) is 4.95. The summed E-state index contributed by atoms with van der Waals surface area (Å²) in [6.45, 7) is 1.44. The van der Waals surface area contributed by atoms with Crippen molar-refractivity contribution in [1.82, 2.24) is 0 Å². The lowest BCUT2D eigenvalue weighted by atomic mass is 9.93. The van der Waals surface area contributed by atoms with Crippen molar-refractivity contribution in [1.29, 1.82) is 0 Å². The zero-order valence-corrected chi connectivity index (χ0v) is 8.64. The summed E-state index contributed by atoms with van der Waals surface area (Å²) in [7, 11) is 0. The number of nitrogens with zero attached hydrogens (tertiary/aromatic N) is 1. The Hall–Kier alpha value is -1.17. The van der Waals surface area contributed by atoms with E-state index in [9.17, 15) is 14.9 Å². The Balaban J connectivity index is 2.58. The molecule has 0 aromatic carbocycles. The quantitative estimate of drug-likeness (QED) is 0.394. The van der Waals surface area contributed by atoms with Gasteiger partial charge in [-0.05, 0) is 19.8 Å². The van der Waals surface area contributed by atoms with Crippen molar-refractivity contribution in [3.63, 3.8) is 0 Å². The number of hydrogen-bond donors (Lipinski definition) is 1. The lowest BCUT2D eigenvalue weighted by Gasteiger charge is -2.16. The number of esters is 1. The summed E-state index contributed by atoms with van der Waals surface area (Å²) in [4.78, 5) is 21.4. The van der Waals surface area contributed by atoms with E-state index in [0.29, 0.717) is 12.8 Å². The molecule has 6 nitrogen and oxygen atoms in total. The molecule has 0 aliphatic heterocycles. The molecule has 1 N–H and O–H groups in total. The van der Waals surface area contributed by atoms with Crippen LogP contribution in [-0.2, 0) is 9.53 Å². The lowest BCUT2D eigenvalue weighted by molar-refractivity contribution is -0.538. The zero-order chi connectivity index (χ0) is 11.5. The highest BCUT2D eigenvalue weighted by molar-refractivity contribution is 5.70. The molecule has 0 radical (unpaired) electrons. The summed E-state index contributed by atoms with van der Waals surface area (Å²) in [6, 6.07) is -1.04. The van der Waals surface area contributed by atoms with Gasteiger partial charge in [-0.25, -0.2) is 0 Å². The van der Waals surface area contributed by atoms with Crippen LogP contribution in [0.5, 0.6) is 0 Å². The first kappa shape index (κ1) is 11.9. The van der Waals surface area contributed by atoms with Crippen molar-refractivity contribution in [2.45, 2.75) is 32.2 Å². The standard InChI is InChI=1S/C9H15NO5/c1-2-15-8(12)5-9(3-4-9)7(6-11)10(13)14/h7,11H,2-6H2,1H3. The Morgan fingerprint density at radius 2 is 2.27 bits per heavy atom. The van der Waals surface area contributed by atoms with Crippen LogP contribution in [0.2, 0.25) is 0 Å². The molecule has 1 aliphatic rings. The molecular weight excluding hydrogens is 202 g/mol. The minimum atomic E-state index is -1.04. The third-order valence-electron chi connectivity index (χ3n) is 2.83. The molecule has 1 rings (SSSR count). The highest BCUT2D eigenvalue weighted by atomic mass is 16.6. The maximum absolute atomic E-state index is 11.2. The van der Waals surface area contributed by atoms with E-state index in [1.54, 1.807) is 6.92 Å². The molecule has 86 valence electrons. The van der Waals surface area contributed by atoms with Crippen LogP contribution >= 0.6 is 0 Å². The van der Waals surface area contributed by atoms with E-state index in [2.05, 4.69) is 0 Å². The summed E-state index contributed by atoms with van der Waals surface area (Å²) >= 11 is 0. The van der Waals surface area contributed by atoms with Crippen molar-refractivity contribution < 1.29 is 19.6 Å². The first-order chi connectivity index (χ1) is 7.05. The van der Waals surface area contributed by atoms with Crippen LogP contribution in [0.25, 0.3) is 0 Å². The minimum Gasteiger partial charge on any atom is -0.466 e. The first-order valence-corrected chi connectivity index (χ1v) is 4.95. The summed E-state index contributed by atoms with van der Waals surface area (Å²) in [6.07, 6.45) is 1.25. The van der Waals surface area contributed by atoms with Gasteiger partial charge in [0.2, 0.25) is 6.04 Å². The van der Waals surface area contributed by atoms with E-state index in [0.717, 1.165) is 0 Å². The van der Waals surface area contributed by atoms with Crippen molar-refractivity contribution >= 4 is 5.97 Å². The summed E-state index contributed by atoms with van der Waals surface area (Å²) in [5.74, 6) is -0.421. The molecule has 15 heavy (non-hydrogen) atoms. The molecule has 0 aromatic heterocycles. The second-order valence-electron chi connectivity index (χ2n) is 3.83. The maximum atomic E-state index is 11.2. The van der Waals surface area contributed by atoms with E-state index in [-0.39, 0.29) is 13.0 Å². The van der Waals surface area contributed by atoms with Crippen LogP contribution in [-0.4, -0.2) is 35.3 Å². The molecule has 6 heteroatoms. The Labute approximate surface area is 87.4 Å². The Morgan fingerprint density at radius 1 is 1.67 bits per heavy atom. The number of carbonyl (C=O) groups excluding carboxylic acids is 1. The predicted octanol–water partition coefficient (Wildman–Crippen LogP) is 0.357. The van der Waals surface area contributed by atoms with Crippen molar-refractivity contribution in [2.75, 3.05) is 13.2 Å². The van der Waals surface area contributed by atoms with Gasteiger partial charge >= 0.3 is 5.97 Å². The molecular formula is C9H15NO5. The molecule has 0 spiro atoms. The fourth-order valence-corrected chi connectivity index (χ4v) is 1.77. The van der Waals surface area contributed by atoms with Crippen molar-refractivity contribution in [2.24, 2.45) is 5.41 Å². The molecule has 1 saturated carbocycles. The van der Waals surface area contributed by atoms with Crippen LogP contribution in [0.1, 0.15) is 26.2 Å². The van der Waals surface area contributed by atoms with Crippen LogP contribution < -0.4 is 0 Å². The van der Waals surface area contributed by atoms with E-state index < -0.39 is 29.0 Å². The number of nitro groups is 1. The van der Waals surface area contributed by atoms with Crippen LogP contribution in [0.15, 0.2) is 0 Å². The largest absolute Gasteiger partial charge is 0.466 e. The summed E-state index contributed by atoms with van der Waals surface area (Å²) < 4.78 is 4.75. The number of ether oxygens (including phenoxy) is 1. The fourth-order valence-electron chi connectivity index (χ4n) is 1.77. The molecule has 0 saturated heterocycles. The Morgan fingerprint density at radius 3 is 2.60 bits per heavy atom. The number of aliphatic hydroxyl groups excluding tert-OH is 1. The predicted molar refractivity (Wildman–Crippen MR) is 50.8 cm³/mol. The van der Waals surface area contributed by atoms with Gasteiger partial charge in [-0.3, -0.25) is 14.9 Å². The lowest BCUT2D eigenvalue weighted by Crippen LogP contribution is -2.36. The van der Waals surface area contributed by atoms with Gasteiger partial charge in [0, 0.05) is 4.92 Å². The summed E-state index contributed by atoms with van der Waals surface area (Å²) in [5.41, 5.74) is -0.662. The Bertz CT molecular complexity index is 261. The summed E-state index contributed by atoms with van der Waals surface area (Å²) in [5, 5.41) is 19.6. The van der Waals surface area contributed by atoms with Gasteiger partial charge in [-0.15, -0.1) is 0 Å². The molecule has 0 bridgehead atoms. The van der Waals surface area contributed by atoms with Crippen molar-refractivity contribution in [3.05, 3.63) is 10.1 Å². The van der Waals surface area contributed by atoms with Gasteiger partial charge in [0.15, 0.2) is 0 Å². The topological polar surface area (TPSA) is 89.7 Å². The average Bonchev–Trinajstić information content (AvgIpc) is 2.86. The van der Waals surface area contributed by atoms with E-state index in [1.165, 1.54) is 0 Å². The second kappa shape index (κ2) is 4.57. The van der Waals surface area contributed by atoms with Crippen LogP contribution in [0.3, 0.4) is 0 Å². The number of rotatable bonds is 6. The van der Waals surface area contributed by atoms with Gasteiger partial charge in [0.05, 0.1) is 18.4 Å². The zero-order valence-electron chi connectivity index (χ0n) is 8.64. The molecule has 1 unspecified atom stereocenters. The fraction of sp³-hybridized carbons (Fsp3) is 0.889. The number of carbonyl (C=O) groups is 1. The van der Waals surface area contributed by atoms with Crippen LogP contribution in [0, 0.1) is 15.5 Å². The van der Waals surface area contributed by atoms with Gasteiger partial charge < -0.3 is 9.84 Å². The minimum absolute atomic E-state index is 0.0348. The van der Waals surface area contributed by atoms with Gasteiger partial charge in [0.1, 0.15) is 6.61 Å². The molecule has 1 fully saturated rings. The highest BCUT2D eigenvalue weighted by Gasteiger charge is 2.57. The van der Waals surface area contributed by atoms with Gasteiger partial charge in [-0.2, -0.15) is 0 Å². The third-order valence-corrected chi connectivity index (χ3v) is 2.83. The second-order valence-corrected chi connectivity index (χ2v) is 3.83. The highest BCUT2D eigenvalue weighted by Crippen LogP contribution is 2.52. The maximum Gasteiger partial charge on any atom is 0.306 e. The van der Waals surface area contributed by atoms with E-state index >= 15 is 0 Å². The number of hydrogen-bond acceptors (Lipinski definition) is 5. The smallest absolute Gasteiger partial charge is 0.306 e. The Kier molecular flexibility index (Phi) is 3.62. The molecule has 0 amide bonds. The number of aliphatic hydroxyl groups is 1. The molecule has 1 aliphatic carbocycles. The van der Waals surface area contributed by atoms with E-state index in [4.69, 9.17) is 9.84 Å². The van der Waals surface area contributed by atoms with Crippen molar-refractivity contribution in [3.8, 4) is 0 Å². The van der Waals surface area contributed by atoms with Crippen LogP contribution in [0.4, 0.5) is 0 Å². The molecule has 0 aromatic rings. The molecule has 1 atom stereocenters. The normalized spacial score (nSPS) is 19.3. The SMILES string of the molecule is CCOC(=O)CC1(C(CO)[N+](=O)[O-])CC1. The average molecular weight is 217 g/mol. The monoisotopic (exact) mass is 217 g/mol. The third kappa shape index (κ3) is 2.65. The van der Waals surface area contributed by atoms with Gasteiger partial charge in [-0.1, -0.05) is 0 Å². The van der Waals surface area contributed by atoms with Gasteiger partial charge in [0.25, 0.3) is 0 Å². The van der Waals surface area contributed by atoms with E-state index in [1.807, 2.05) is 0 Å².